The van der Waals surface area contributed by atoms with Crippen LogP contribution in [0.3, 0.4) is 0 Å². The molecule has 1 aromatic heterocycles. The largest absolute Gasteiger partial charge is 0.368 e. The number of primary amides is 1. The molecule has 6 heteroatoms. The summed E-state index contributed by atoms with van der Waals surface area (Å²) in [7, 11) is 0. The molecule has 1 heterocycles. The maximum Gasteiger partial charge on any atom is 0.262 e. The maximum absolute atomic E-state index is 13.0. The number of carbonyl (C=O) groups excluding carboxylic acids is 1. The molecule has 1 amide bonds. The van der Waals surface area contributed by atoms with Gasteiger partial charge in [0.2, 0.25) is 5.91 Å². The number of aromatic nitrogens is 2. The van der Waals surface area contributed by atoms with Crippen LogP contribution in [0.25, 0.3) is 10.9 Å². The highest BCUT2D eigenvalue weighted by Gasteiger charge is 2.22. The predicted molar refractivity (Wildman–Crippen MR) is 124 cm³/mol. The van der Waals surface area contributed by atoms with Gasteiger partial charge < -0.3 is 11.1 Å². The predicted octanol–water partition coefficient (Wildman–Crippen LogP) is 2.86. The molecule has 0 aliphatic carbocycles. The van der Waals surface area contributed by atoms with Crippen LogP contribution in [-0.2, 0) is 17.9 Å². The first-order chi connectivity index (χ1) is 14.8. The summed E-state index contributed by atoms with van der Waals surface area (Å²) in [5, 5.41) is 2.69. The molecule has 4 N–H and O–H groups in total. The number of hydrogen-bond acceptors (Lipinski definition) is 3. The van der Waals surface area contributed by atoms with Crippen molar-refractivity contribution < 1.29 is 10.1 Å². The fourth-order valence-corrected chi connectivity index (χ4v) is 4.00. The summed E-state index contributed by atoms with van der Waals surface area (Å²) in [5.74, 6) is 0.928. The molecule has 6 nitrogen and oxygen atoms in total. The number of nitrogens with two attached hydrogens (primary N) is 2. The summed E-state index contributed by atoms with van der Waals surface area (Å²) in [4.78, 5) is 29.3. The first-order valence-electron chi connectivity index (χ1n) is 11.0. The number of quaternary nitrogens is 1. The third kappa shape index (κ3) is 5.20. The Labute approximate surface area is 183 Å². The monoisotopic (exact) mass is 421 g/mol. The third-order valence-corrected chi connectivity index (χ3v) is 6.03. The van der Waals surface area contributed by atoms with Crippen LogP contribution in [0.1, 0.15) is 63.0 Å². The van der Waals surface area contributed by atoms with Crippen LogP contribution < -0.4 is 16.6 Å². The second-order valence-electron chi connectivity index (χ2n) is 8.59. The van der Waals surface area contributed by atoms with Gasteiger partial charge in [-0.1, -0.05) is 64.1 Å². The Morgan fingerprint density at radius 2 is 1.71 bits per heavy atom. The van der Waals surface area contributed by atoms with E-state index >= 15 is 0 Å². The molecule has 0 aliphatic heterocycles. The van der Waals surface area contributed by atoms with Crippen molar-refractivity contribution in [3.05, 3.63) is 75.8 Å². The molecule has 31 heavy (non-hydrogen) atoms. The lowest BCUT2D eigenvalue weighted by molar-refractivity contribution is -0.718. The van der Waals surface area contributed by atoms with Crippen molar-refractivity contribution >= 4 is 16.8 Å². The van der Waals surface area contributed by atoms with E-state index in [1.54, 1.807) is 12.1 Å². The third-order valence-electron chi connectivity index (χ3n) is 6.03. The van der Waals surface area contributed by atoms with E-state index in [4.69, 9.17) is 5.73 Å². The highest BCUT2D eigenvalue weighted by molar-refractivity contribution is 5.78. The normalized spacial score (nSPS) is 13.5. The molecule has 0 aliphatic rings. The molecule has 0 saturated carbocycles. The Bertz CT molecular complexity index is 1100. The molecule has 0 bridgehead atoms. The number of hydrogen-bond donors (Lipinski definition) is 2. The summed E-state index contributed by atoms with van der Waals surface area (Å²) in [6.07, 6.45) is 1.12. The highest BCUT2D eigenvalue weighted by atomic mass is 16.2. The van der Waals surface area contributed by atoms with Gasteiger partial charge in [-0.3, -0.25) is 14.2 Å². The van der Waals surface area contributed by atoms with E-state index < -0.39 is 5.91 Å². The van der Waals surface area contributed by atoms with E-state index in [0.717, 1.165) is 6.42 Å². The van der Waals surface area contributed by atoms with Crippen LogP contribution in [-0.4, -0.2) is 15.5 Å². The highest BCUT2D eigenvalue weighted by Crippen LogP contribution is 2.23. The van der Waals surface area contributed by atoms with Crippen LogP contribution >= 0.6 is 0 Å². The molecule has 2 aromatic carbocycles. The molecule has 164 valence electrons. The van der Waals surface area contributed by atoms with E-state index in [9.17, 15) is 9.59 Å². The van der Waals surface area contributed by atoms with Crippen molar-refractivity contribution in [2.24, 2.45) is 11.7 Å². The van der Waals surface area contributed by atoms with Crippen molar-refractivity contribution in [3.63, 3.8) is 0 Å². The Kier molecular flexibility index (Phi) is 7.23. The van der Waals surface area contributed by atoms with Crippen molar-refractivity contribution in [2.45, 2.75) is 59.2 Å². The second kappa shape index (κ2) is 9.88. The minimum atomic E-state index is -0.554. The van der Waals surface area contributed by atoms with E-state index in [0.29, 0.717) is 35.1 Å². The smallest absolute Gasteiger partial charge is 0.262 e. The van der Waals surface area contributed by atoms with E-state index in [2.05, 4.69) is 62.3 Å². The lowest BCUT2D eigenvalue weighted by Crippen LogP contribution is -2.85. The number of amides is 1. The van der Waals surface area contributed by atoms with Crippen LogP contribution in [0.2, 0.25) is 0 Å². The Morgan fingerprint density at radius 1 is 1.06 bits per heavy atom. The van der Waals surface area contributed by atoms with Crippen molar-refractivity contribution in [1.29, 1.82) is 0 Å². The topological polar surface area (TPSA) is 94.6 Å². The number of carbonyl (C=O) groups is 1. The standard InChI is InChI=1S/C25H32N4O2/c1-5-17(4)18-10-12-19(13-11-18)24(16(2)3)27-14-23-28-21-9-7-6-8-20(21)25(31)29(23)15-22(26)30/h6-13,16-17,24,27H,5,14-15H2,1-4H3,(H2,26,30)/p+1/t17-,24+/m0/s1. The summed E-state index contributed by atoms with van der Waals surface area (Å²) in [5.41, 5.74) is 8.41. The van der Waals surface area contributed by atoms with Gasteiger partial charge in [-0.2, -0.15) is 0 Å². The zero-order valence-electron chi connectivity index (χ0n) is 18.8. The minimum absolute atomic E-state index is 0.171. The average molecular weight is 422 g/mol. The second-order valence-corrected chi connectivity index (χ2v) is 8.59. The minimum Gasteiger partial charge on any atom is -0.368 e. The lowest BCUT2D eigenvalue weighted by Gasteiger charge is -2.21. The summed E-state index contributed by atoms with van der Waals surface area (Å²) in [6, 6.07) is 16.2. The number of fused-ring (bicyclic) bond motifs is 1. The van der Waals surface area contributed by atoms with Crippen LogP contribution in [0.5, 0.6) is 0 Å². The van der Waals surface area contributed by atoms with Gasteiger partial charge in [0.05, 0.1) is 10.9 Å². The summed E-state index contributed by atoms with van der Waals surface area (Å²) >= 11 is 0. The van der Waals surface area contributed by atoms with Gasteiger partial charge in [0.15, 0.2) is 5.82 Å². The molecule has 0 saturated heterocycles. The summed E-state index contributed by atoms with van der Waals surface area (Å²) < 4.78 is 1.41. The number of rotatable bonds is 9. The lowest BCUT2D eigenvalue weighted by atomic mass is 9.92. The van der Waals surface area contributed by atoms with Gasteiger partial charge >= 0.3 is 0 Å². The van der Waals surface area contributed by atoms with E-state index in [-0.39, 0.29) is 18.1 Å². The molecular weight excluding hydrogens is 388 g/mol. The Morgan fingerprint density at radius 3 is 2.32 bits per heavy atom. The average Bonchev–Trinajstić information content (AvgIpc) is 2.75. The van der Waals surface area contributed by atoms with Gasteiger partial charge in [-0.25, -0.2) is 4.98 Å². The zero-order chi connectivity index (χ0) is 22.5. The van der Waals surface area contributed by atoms with Crippen molar-refractivity contribution in [3.8, 4) is 0 Å². The quantitative estimate of drug-likeness (QED) is 0.556. The Balaban J connectivity index is 1.91. The van der Waals surface area contributed by atoms with Gasteiger partial charge in [-0.15, -0.1) is 0 Å². The fraction of sp³-hybridized carbons (Fsp3) is 0.400. The molecule has 2 atom stereocenters. The number of para-hydroxylation sites is 1. The molecule has 0 spiro atoms. The fourth-order valence-electron chi connectivity index (χ4n) is 4.00. The molecular formula is C25H33N4O2+. The van der Waals surface area contributed by atoms with Crippen molar-refractivity contribution in [1.82, 2.24) is 9.55 Å². The van der Waals surface area contributed by atoms with Gasteiger partial charge in [0.1, 0.15) is 19.1 Å². The molecule has 3 rings (SSSR count). The molecule has 0 radical (unpaired) electrons. The van der Waals surface area contributed by atoms with Gasteiger partial charge in [-0.05, 0) is 30.0 Å². The molecule has 3 aromatic rings. The van der Waals surface area contributed by atoms with Gasteiger partial charge in [0.25, 0.3) is 5.56 Å². The zero-order valence-corrected chi connectivity index (χ0v) is 18.8. The number of benzene rings is 2. The van der Waals surface area contributed by atoms with Crippen molar-refractivity contribution in [2.75, 3.05) is 0 Å². The molecule has 0 fully saturated rings. The number of nitrogens with zero attached hydrogens (tertiary/aromatic N) is 2. The van der Waals surface area contributed by atoms with Gasteiger partial charge in [0, 0.05) is 11.5 Å². The maximum atomic E-state index is 13.0. The first-order valence-corrected chi connectivity index (χ1v) is 11.0. The summed E-state index contributed by atoms with van der Waals surface area (Å²) in [6.45, 7) is 9.12. The van der Waals surface area contributed by atoms with Crippen LogP contribution in [0.4, 0.5) is 0 Å². The van der Waals surface area contributed by atoms with Crippen LogP contribution in [0, 0.1) is 5.92 Å². The first kappa shape index (κ1) is 22.7. The van der Waals surface area contributed by atoms with E-state index in [1.807, 2.05) is 12.1 Å². The van der Waals surface area contributed by atoms with Crippen LogP contribution in [0.15, 0.2) is 53.3 Å². The SMILES string of the molecule is CC[C@H](C)c1ccc([C@H]([NH2+]Cc2nc3ccccc3c(=O)n2CC(N)=O)C(C)C)cc1. The Hall–Kier alpha value is -2.99. The van der Waals surface area contributed by atoms with E-state index in [1.165, 1.54) is 15.7 Å². The molecule has 0 unspecified atom stereocenters.